The zero-order chi connectivity index (χ0) is 21.1. The highest BCUT2D eigenvalue weighted by atomic mass is 14.0. The Morgan fingerprint density at radius 3 is 0.828 bits per heavy atom. The maximum Gasteiger partial charge on any atom is 0.00886 e. The predicted octanol–water partition coefficient (Wildman–Crippen LogP) is 10.8. The fraction of sp³-hybridized carbons (Fsp3) is 0.931. The first-order valence-corrected chi connectivity index (χ1v) is 13.9. The van der Waals surface area contributed by atoms with Gasteiger partial charge in [0, 0.05) is 12.8 Å². The molecule has 0 radical (unpaired) electrons. The lowest BCUT2D eigenvalue weighted by atomic mass is 10.0. The Morgan fingerprint density at radius 1 is 0.276 bits per heavy atom. The van der Waals surface area contributed by atoms with Gasteiger partial charge in [-0.3, -0.25) is 0 Å². The molecular weight excluding hydrogens is 348 g/mol. The molecule has 0 aliphatic heterocycles. The minimum atomic E-state index is 1.11. The molecule has 0 heterocycles. The normalized spacial score (nSPS) is 10.8. The van der Waals surface area contributed by atoms with Crippen LogP contribution in [-0.4, -0.2) is 0 Å². The van der Waals surface area contributed by atoms with E-state index in [2.05, 4.69) is 25.7 Å². The molecule has 0 heteroatoms. The minimum absolute atomic E-state index is 1.11. The van der Waals surface area contributed by atoms with Gasteiger partial charge in [-0.05, 0) is 12.8 Å². The van der Waals surface area contributed by atoms with Crippen LogP contribution in [0.5, 0.6) is 0 Å². The Morgan fingerprint density at radius 2 is 0.517 bits per heavy atom. The Balaban J connectivity index is 3.02. The first-order chi connectivity index (χ1) is 14.4. The molecule has 0 aromatic heterocycles. The van der Waals surface area contributed by atoms with E-state index in [1.165, 1.54) is 148 Å². The molecule has 0 rings (SSSR count). The zero-order valence-corrected chi connectivity index (χ0v) is 20.7. The van der Waals surface area contributed by atoms with Crippen LogP contribution in [0.4, 0.5) is 0 Å². The van der Waals surface area contributed by atoms with Crippen molar-refractivity contribution in [3.8, 4) is 11.8 Å². The molecule has 0 N–H and O–H groups in total. The number of rotatable bonds is 23. The highest BCUT2D eigenvalue weighted by Crippen LogP contribution is 2.15. The van der Waals surface area contributed by atoms with Crippen LogP contribution in [0.25, 0.3) is 0 Å². The van der Waals surface area contributed by atoms with Gasteiger partial charge in [-0.2, -0.15) is 0 Å². The van der Waals surface area contributed by atoms with Gasteiger partial charge >= 0.3 is 0 Å². The van der Waals surface area contributed by atoms with E-state index in [9.17, 15) is 0 Å². The van der Waals surface area contributed by atoms with Gasteiger partial charge in [-0.15, -0.1) is 11.8 Å². The Hall–Kier alpha value is -0.440. The predicted molar refractivity (Wildman–Crippen MR) is 135 cm³/mol. The average Bonchev–Trinajstić information content (AvgIpc) is 2.74. The van der Waals surface area contributed by atoms with Gasteiger partial charge in [0.2, 0.25) is 0 Å². The van der Waals surface area contributed by atoms with Crippen molar-refractivity contribution < 1.29 is 0 Å². The standard InChI is InChI=1S/C29H56/c1-3-5-7-9-11-13-15-17-19-21-23-25-27-29-28-26-24-22-20-18-16-14-12-10-8-6-4-2/h3-9,11,13-29H2,1-2H3. The van der Waals surface area contributed by atoms with Crippen LogP contribution in [0.3, 0.4) is 0 Å². The maximum absolute atomic E-state index is 3.33. The Kier molecular flexibility index (Phi) is 27.1. The largest absolute Gasteiger partial charge is 0.103 e. The molecule has 29 heavy (non-hydrogen) atoms. The van der Waals surface area contributed by atoms with Crippen molar-refractivity contribution in [2.75, 3.05) is 0 Å². The summed E-state index contributed by atoms with van der Waals surface area (Å²) in [6.45, 7) is 4.54. The summed E-state index contributed by atoms with van der Waals surface area (Å²) in [5, 5.41) is 0. The van der Waals surface area contributed by atoms with Crippen molar-refractivity contribution in [3.63, 3.8) is 0 Å². The van der Waals surface area contributed by atoms with E-state index >= 15 is 0 Å². The van der Waals surface area contributed by atoms with Crippen LogP contribution in [0.15, 0.2) is 0 Å². The number of hydrogen-bond acceptors (Lipinski definition) is 0. The summed E-state index contributed by atoms with van der Waals surface area (Å²) in [6.07, 6.45) is 35.3. The lowest BCUT2D eigenvalue weighted by molar-refractivity contribution is 0.520. The van der Waals surface area contributed by atoms with Gasteiger partial charge in [-0.1, -0.05) is 149 Å². The lowest BCUT2D eigenvalue weighted by Gasteiger charge is -2.04. The molecule has 0 bridgehead atoms. The third kappa shape index (κ3) is 27.6. The molecular formula is C29H56. The van der Waals surface area contributed by atoms with Crippen LogP contribution in [0.1, 0.15) is 174 Å². The molecule has 0 nitrogen and oxygen atoms in total. The summed E-state index contributed by atoms with van der Waals surface area (Å²) < 4.78 is 0. The number of hydrogen-bond donors (Lipinski definition) is 0. The monoisotopic (exact) mass is 404 g/mol. The molecule has 172 valence electrons. The third-order valence-corrected chi connectivity index (χ3v) is 6.19. The van der Waals surface area contributed by atoms with Gasteiger partial charge in [0.25, 0.3) is 0 Å². The van der Waals surface area contributed by atoms with Crippen molar-refractivity contribution >= 4 is 0 Å². The molecule has 0 amide bonds. The molecule has 0 spiro atoms. The lowest BCUT2D eigenvalue weighted by Crippen LogP contribution is -1.84. The smallest absolute Gasteiger partial charge is 0.00886 e. The fourth-order valence-electron chi connectivity index (χ4n) is 4.09. The second-order valence-corrected chi connectivity index (χ2v) is 9.28. The maximum atomic E-state index is 3.33. The van der Waals surface area contributed by atoms with Crippen LogP contribution in [0, 0.1) is 11.8 Å². The summed E-state index contributed by atoms with van der Waals surface area (Å²) in [6, 6.07) is 0. The van der Waals surface area contributed by atoms with E-state index in [1.807, 2.05) is 0 Å². The summed E-state index contributed by atoms with van der Waals surface area (Å²) in [5.41, 5.74) is 0. The van der Waals surface area contributed by atoms with E-state index in [0.29, 0.717) is 0 Å². The van der Waals surface area contributed by atoms with E-state index < -0.39 is 0 Å². The molecule has 0 saturated carbocycles. The summed E-state index contributed by atoms with van der Waals surface area (Å²) in [5.74, 6) is 6.63. The molecule has 0 saturated heterocycles. The zero-order valence-electron chi connectivity index (χ0n) is 20.7. The Bertz CT molecular complexity index is 332. The van der Waals surface area contributed by atoms with E-state index in [0.717, 1.165) is 12.8 Å². The van der Waals surface area contributed by atoms with Gasteiger partial charge in [0.05, 0.1) is 0 Å². The molecule has 0 aromatic rings. The Labute approximate surface area is 186 Å². The van der Waals surface area contributed by atoms with Crippen molar-refractivity contribution in [3.05, 3.63) is 0 Å². The third-order valence-electron chi connectivity index (χ3n) is 6.19. The summed E-state index contributed by atoms with van der Waals surface area (Å²) in [7, 11) is 0. The SMILES string of the molecule is CCCCC#CCCCCCCCCCCCCCCCCCCCCCCC. The molecule has 0 aromatic carbocycles. The van der Waals surface area contributed by atoms with Gasteiger partial charge < -0.3 is 0 Å². The molecule has 0 atom stereocenters. The van der Waals surface area contributed by atoms with E-state index in [-0.39, 0.29) is 0 Å². The summed E-state index contributed by atoms with van der Waals surface area (Å²) in [4.78, 5) is 0. The number of unbranched alkanes of at least 4 members (excludes halogenated alkanes) is 23. The van der Waals surface area contributed by atoms with Gasteiger partial charge in [-0.25, -0.2) is 0 Å². The quantitative estimate of drug-likeness (QED) is 0.117. The van der Waals surface area contributed by atoms with Crippen molar-refractivity contribution in [2.45, 2.75) is 174 Å². The van der Waals surface area contributed by atoms with Crippen LogP contribution >= 0.6 is 0 Å². The highest BCUT2D eigenvalue weighted by molar-refractivity contribution is 4.98. The fourth-order valence-corrected chi connectivity index (χ4v) is 4.09. The molecule has 0 aliphatic carbocycles. The average molecular weight is 405 g/mol. The van der Waals surface area contributed by atoms with Crippen LogP contribution in [0.2, 0.25) is 0 Å². The first-order valence-electron chi connectivity index (χ1n) is 13.9. The molecule has 0 fully saturated rings. The minimum Gasteiger partial charge on any atom is -0.103 e. The van der Waals surface area contributed by atoms with Crippen molar-refractivity contribution in [1.82, 2.24) is 0 Å². The van der Waals surface area contributed by atoms with Crippen LogP contribution in [-0.2, 0) is 0 Å². The van der Waals surface area contributed by atoms with Crippen molar-refractivity contribution in [1.29, 1.82) is 0 Å². The van der Waals surface area contributed by atoms with E-state index in [4.69, 9.17) is 0 Å². The van der Waals surface area contributed by atoms with Crippen LogP contribution < -0.4 is 0 Å². The summed E-state index contributed by atoms with van der Waals surface area (Å²) >= 11 is 0. The molecule has 0 aliphatic rings. The highest BCUT2D eigenvalue weighted by Gasteiger charge is 1.95. The molecule has 0 unspecified atom stereocenters. The second-order valence-electron chi connectivity index (χ2n) is 9.28. The van der Waals surface area contributed by atoms with Crippen molar-refractivity contribution in [2.24, 2.45) is 0 Å². The van der Waals surface area contributed by atoms with E-state index in [1.54, 1.807) is 0 Å². The van der Waals surface area contributed by atoms with Gasteiger partial charge in [0.1, 0.15) is 0 Å². The first kappa shape index (κ1) is 28.6. The van der Waals surface area contributed by atoms with Gasteiger partial charge in [0.15, 0.2) is 0 Å². The topological polar surface area (TPSA) is 0 Å². The second kappa shape index (κ2) is 27.6.